The Morgan fingerprint density at radius 1 is 1.09 bits per heavy atom. The van der Waals surface area contributed by atoms with E-state index in [9.17, 15) is 10.1 Å². The van der Waals surface area contributed by atoms with Crippen LogP contribution in [0.3, 0.4) is 0 Å². The Kier molecular flexibility index (Phi) is 3.82. The molecule has 1 N–H and O–H groups in total. The highest BCUT2D eigenvalue weighted by Crippen LogP contribution is 2.25. The monoisotopic (exact) mass is 300 g/mol. The molecule has 2 aromatic carbocycles. The summed E-state index contributed by atoms with van der Waals surface area (Å²) in [4.78, 5) is 16.1. The number of H-pyrrole nitrogens is 1. The van der Waals surface area contributed by atoms with Gasteiger partial charge in [-0.25, -0.2) is 0 Å². The lowest BCUT2D eigenvalue weighted by molar-refractivity contribution is 0.104. The number of aromatic nitrogens is 1. The summed E-state index contributed by atoms with van der Waals surface area (Å²) in [5.74, 6) is -0.245. The molecule has 0 saturated carbocycles. The number of nitrogens with one attached hydrogen (secondary N) is 1. The van der Waals surface area contributed by atoms with Gasteiger partial charge >= 0.3 is 0 Å². The van der Waals surface area contributed by atoms with Crippen LogP contribution in [0.4, 0.5) is 0 Å². The van der Waals surface area contributed by atoms with Gasteiger partial charge < -0.3 is 4.98 Å². The number of benzene rings is 2. The third-order valence-corrected chi connectivity index (χ3v) is 3.97. The van der Waals surface area contributed by atoms with Crippen molar-refractivity contribution in [3.63, 3.8) is 0 Å². The molecular formula is C20H16N2O. The zero-order valence-electron chi connectivity index (χ0n) is 13.1. The summed E-state index contributed by atoms with van der Waals surface area (Å²) in [6.45, 7) is 3.82. The molecule has 3 heteroatoms. The Balaban J connectivity index is 2.12. The molecule has 3 nitrogen and oxygen atoms in total. The Morgan fingerprint density at radius 3 is 2.52 bits per heavy atom. The number of aryl methyl sites for hydroxylation is 2. The van der Waals surface area contributed by atoms with Crippen LogP contribution < -0.4 is 0 Å². The number of para-hydroxylation sites is 1. The van der Waals surface area contributed by atoms with Crippen LogP contribution in [0.5, 0.6) is 0 Å². The summed E-state index contributed by atoms with van der Waals surface area (Å²) in [7, 11) is 0. The molecule has 0 aliphatic heterocycles. The van der Waals surface area contributed by atoms with E-state index in [-0.39, 0.29) is 11.4 Å². The number of aromatic amines is 1. The Labute approximate surface area is 134 Å². The lowest BCUT2D eigenvalue weighted by Crippen LogP contribution is -2.03. The number of carbonyl (C=O) groups excluding carboxylic acids is 1. The van der Waals surface area contributed by atoms with Crippen molar-refractivity contribution in [3.05, 3.63) is 76.5 Å². The van der Waals surface area contributed by atoms with Crippen LogP contribution in [0.25, 0.3) is 17.0 Å². The number of fused-ring (bicyclic) bond motifs is 1. The van der Waals surface area contributed by atoms with Crippen molar-refractivity contribution in [2.24, 2.45) is 0 Å². The van der Waals surface area contributed by atoms with E-state index in [2.05, 4.69) is 11.1 Å². The third-order valence-electron chi connectivity index (χ3n) is 3.97. The van der Waals surface area contributed by atoms with Crippen LogP contribution in [0.15, 0.2) is 54.1 Å². The number of hydrogen-bond donors (Lipinski definition) is 1. The minimum absolute atomic E-state index is 0.146. The van der Waals surface area contributed by atoms with Crippen molar-refractivity contribution >= 4 is 22.8 Å². The Bertz CT molecular complexity index is 971. The Hall–Kier alpha value is -3.12. The predicted molar refractivity (Wildman–Crippen MR) is 92.1 cm³/mol. The lowest BCUT2D eigenvalue weighted by Gasteiger charge is -2.03. The molecule has 3 aromatic rings. The van der Waals surface area contributed by atoms with Crippen molar-refractivity contribution < 1.29 is 4.79 Å². The van der Waals surface area contributed by atoms with Gasteiger partial charge in [0.2, 0.25) is 5.78 Å². The topological polar surface area (TPSA) is 56.6 Å². The van der Waals surface area contributed by atoms with E-state index in [0.29, 0.717) is 5.56 Å². The Morgan fingerprint density at radius 2 is 1.78 bits per heavy atom. The first-order valence-electron chi connectivity index (χ1n) is 7.41. The first-order chi connectivity index (χ1) is 11.1. The summed E-state index contributed by atoms with van der Waals surface area (Å²) in [6.07, 6.45) is 1.67. The summed E-state index contributed by atoms with van der Waals surface area (Å²) in [5.41, 5.74) is 4.32. The smallest absolute Gasteiger partial charge is 0.205 e. The first kappa shape index (κ1) is 14.8. The van der Waals surface area contributed by atoms with Gasteiger partial charge in [0.1, 0.15) is 11.6 Å². The largest absolute Gasteiger partial charge is 0.358 e. The van der Waals surface area contributed by atoms with Gasteiger partial charge in [0.05, 0.1) is 5.56 Å². The molecule has 3 rings (SSSR count). The van der Waals surface area contributed by atoms with Gasteiger partial charge in [-0.2, -0.15) is 5.26 Å². The summed E-state index contributed by atoms with van der Waals surface area (Å²) >= 11 is 0. The van der Waals surface area contributed by atoms with Gasteiger partial charge in [-0.05, 0) is 37.1 Å². The van der Waals surface area contributed by atoms with Crippen LogP contribution >= 0.6 is 0 Å². The highest BCUT2D eigenvalue weighted by molar-refractivity contribution is 6.20. The van der Waals surface area contributed by atoms with E-state index in [1.165, 1.54) is 0 Å². The lowest BCUT2D eigenvalue weighted by atomic mass is 9.98. The number of nitrogens with zero attached hydrogens (tertiary/aromatic N) is 1. The van der Waals surface area contributed by atoms with Gasteiger partial charge in [0.15, 0.2) is 0 Å². The van der Waals surface area contributed by atoms with E-state index >= 15 is 0 Å². The van der Waals surface area contributed by atoms with Gasteiger partial charge in [-0.3, -0.25) is 4.79 Å². The average molecular weight is 300 g/mol. The summed E-state index contributed by atoms with van der Waals surface area (Å²) < 4.78 is 0. The number of ketones is 1. The fourth-order valence-corrected chi connectivity index (χ4v) is 2.76. The normalized spacial score (nSPS) is 11.4. The molecule has 0 spiro atoms. The second kappa shape index (κ2) is 5.94. The quantitative estimate of drug-likeness (QED) is 0.437. The van der Waals surface area contributed by atoms with Crippen LogP contribution in [-0.4, -0.2) is 10.8 Å². The molecule has 0 aliphatic rings. The van der Waals surface area contributed by atoms with E-state index in [1.54, 1.807) is 6.08 Å². The van der Waals surface area contributed by atoms with Crippen LogP contribution in [-0.2, 0) is 0 Å². The van der Waals surface area contributed by atoms with E-state index in [1.807, 2.05) is 62.4 Å². The van der Waals surface area contributed by atoms with Gasteiger partial charge in [-0.15, -0.1) is 0 Å². The van der Waals surface area contributed by atoms with Gasteiger partial charge in [0, 0.05) is 16.6 Å². The zero-order valence-corrected chi connectivity index (χ0v) is 13.1. The maximum Gasteiger partial charge on any atom is 0.205 e. The van der Waals surface area contributed by atoms with Crippen LogP contribution in [0, 0.1) is 25.2 Å². The predicted octanol–water partition coefficient (Wildman–Crippen LogP) is 4.57. The molecule has 1 aromatic heterocycles. The highest BCUT2D eigenvalue weighted by atomic mass is 16.1. The zero-order chi connectivity index (χ0) is 16.4. The minimum Gasteiger partial charge on any atom is -0.358 e. The number of rotatable bonds is 3. The van der Waals surface area contributed by atoms with Crippen molar-refractivity contribution in [1.82, 2.24) is 4.98 Å². The number of nitriles is 1. The molecule has 0 aliphatic carbocycles. The summed E-state index contributed by atoms with van der Waals surface area (Å²) in [6, 6.07) is 17.4. The van der Waals surface area contributed by atoms with Crippen molar-refractivity contribution in [3.8, 4) is 6.07 Å². The van der Waals surface area contributed by atoms with E-state index in [0.717, 1.165) is 27.7 Å². The molecule has 1 heterocycles. The fraction of sp³-hybridized carbons (Fsp3) is 0.100. The fourth-order valence-electron chi connectivity index (χ4n) is 2.76. The molecule has 23 heavy (non-hydrogen) atoms. The van der Waals surface area contributed by atoms with Crippen molar-refractivity contribution in [2.75, 3.05) is 0 Å². The first-order valence-corrected chi connectivity index (χ1v) is 7.41. The highest BCUT2D eigenvalue weighted by Gasteiger charge is 2.19. The van der Waals surface area contributed by atoms with Gasteiger partial charge in [0.25, 0.3) is 0 Å². The molecule has 112 valence electrons. The number of carbonyl (C=O) groups is 1. The molecule has 0 saturated heterocycles. The molecule has 0 atom stereocenters. The van der Waals surface area contributed by atoms with Crippen molar-refractivity contribution in [2.45, 2.75) is 13.8 Å². The number of hydrogen-bond acceptors (Lipinski definition) is 2. The van der Waals surface area contributed by atoms with E-state index in [4.69, 9.17) is 0 Å². The molecule has 0 bridgehead atoms. The maximum atomic E-state index is 12.9. The number of allylic oxidation sites excluding steroid dienone is 1. The summed E-state index contributed by atoms with van der Waals surface area (Å²) in [5, 5.41) is 10.3. The standard InChI is InChI=1S/C20H16N2O/c1-13-7-3-4-8-15(13)11-16(12-21)20(23)19-14(2)22-18-10-6-5-9-17(18)19/h3-11,22H,1-2H3. The van der Waals surface area contributed by atoms with Gasteiger partial charge in [-0.1, -0.05) is 42.5 Å². The second-order valence-corrected chi connectivity index (χ2v) is 5.53. The van der Waals surface area contributed by atoms with Crippen LogP contribution in [0.1, 0.15) is 27.2 Å². The average Bonchev–Trinajstić information content (AvgIpc) is 2.89. The minimum atomic E-state index is -0.245. The molecule has 0 fully saturated rings. The van der Waals surface area contributed by atoms with Crippen LogP contribution in [0.2, 0.25) is 0 Å². The SMILES string of the molecule is Cc1ccccc1C=C(C#N)C(=O)c1c(C)[nH]c2ccccc12. The second-order valence-electron chi connectivity index (χ2n) is 5.53. The molecule has 0 unspecified atom stereocenters. The molecular weight excluding hydrogens is 284 g/mol. The molecule has 0 amide bonds. The third kappa shape index (κ3) is 2.67. The number of Topliss-reactive ketones (excluding diaryl/α,β-unsaturated/α-hetero) is 1. The van der Waals surface area contributed by atoms with E-state index < -0.39 is 0 Å². The van der Waals surface area contributed by atoms with Crippen molar-refractivity contribution in [1.29, 1.82) is 5.26 Å². The maximum absolute atomic E-state index is 12.9. The molecule has 0 radical (unpaired) electrons.